The van der Waals surface area contributed by atoms with E-state index >= 15 is 0 Å². The van der Waals surface area contributed by atoms with Gasteiger partial charge < -0.3 is 5.32 Å². The summed E-state index contributed by atoms with van der Waals surface area (Å²) in [5.74, 6) is -0.208. The van der Waals surface area contributed by atoms with E-state index in [0.29, 0.717) is 5.56 Å². The van der Waals surface area contributed by atoms with Crippen LogP contribution in [0.3, 0.4) is 0 Å². The van der Waals surface area contributed by atoms with Gasteiger partial charge in [-0.1, -0.05) is 44.0 Å². The first kappa shape index (κ1) is 14.5. The fourth-order valence-electron chi connectivity index (χ4n) is 1.86. The fraction of sp³-hybridized carbons (Fsp3) is 0.200. The number of rotatable bonds is 3. The molecule has 0 spiro atoms. The highest BCUT2D eigenvalue weighted by molar-refractivity contribution is 9.10. The van der Waals surface area contributed by atoms with Crippen molar-refractivity contribution in [3.05, 3.63) is 62.3 Å². The molecule has 0 heterocycles. The molecule has 1 unspecified atom stereocenters. The lowest BCUT2D eigenvalue weighted by atomic mass is 10.1. The zero-order valence-electron chi connectivity index (χ0n) is 10.7. The highest BCUT2D eigenvalue weighted by Crippen LogP contribution is 2.26. The molecule has 0 radical (unpaired) electrons. The number of aryl methyl sites for hydroxylation is 1. The topological polar surface area (TPSA) is 12.0 Å². The molecule has 0 saturated carbocycles. The third kappa shape index (κ3) is 3.57. The molecule has 1 N–H and O–H groups in total. The minimum Gasteiger partial charge on any atom is -0.378 e. The van der Waals surface area contributed by atoms with E-state index in [1.807, 2.05) is 38.1 Å². The van der Waals surface area contributed by atoms with E-state index < -0.39 is 0 Å². The molecule has 1 atom stereocenters. The second kappa shape index (κ2) is 6.06. The fourth-order valence-corrected chi connectivity index (χ4v) is 2.58. The lowest BCUT2D eigenvalue weighted by Gasteiger charge is -2.17. The van der Waals surface area contributed by atoms with E-state index in [9.17, 15) is 4.39 Å². The Morgan fingerprint density at radius 3 is 2.47 bits per heavy atom. The van der Waals surface area contributed by atoms with Crippen LogP contribution in [-0.2, 0) is 0 Å². The van der Waals surface area contributed by atoms with Crippen molar-refractivity contribution in [1.29, 1.82) is 0 Å². The molecule has 0 amide bonds. The first-order valence-electron chi connectivity index (χ1n) is 5.95. The second-order valence-electron chi connectivity index (χ2n) is 4.50. The van der Waals surface area contributed by atoms with E-state index in [2.05, 4.69) is 37.2 Å². The maximum Gasteiger partial charge on any atom is 0.129 e. The third-order valence-corrected chi connectivity index (χ3v) is 4.33. The number of nitrogens with one attached hydrogen (secondary N) is 1. The van der Waals surface area contributed by atoms with Crippen molar-refractivity contribution in [3.8, 4) is 0 Å². The predicted molar refractivity (Wildman–Crippen MR) is 85.0 cm³/mol. The first-order valence-corrected chi connectivity index (χ1v) is 7.53. The molecule has 4 heteroatoms. The van der Waals surface area contributed by atoms with Gasteiger partial charge in [0.05, 0.1) is 6.04 Å². The molecule has 0 aliphatic carbocycles. The molecule has 2 aromatic rings. The van der Waals surface area contributed by atoms with Gasteiger partial charge in [-0.15, -0.1) is 0 Å². The summed E-state index contributed by atoms with van der Waals surface area (Å²) in [5.41, 5.74) is 2.79. The molecule has 100 valence electrons. The van der Waals surface area contributed by atoms with Crippen LogP contribution >= 0.6 is 31.9 Å². The van der Waals surface area contributed by atoms with E-state index in [0.717, 1.165) is 14.6 Å². The minimum atomic E-state index is -0.208. The Morgan fingerprint density at radius 1 is 1.11 bits per heavy atom. The lowest BCUT2D eigenvalue weighted by molar-refractivity contribution is 0.599. The molecule has 0 fully saturated rings. The summed E-state index contributed by atoms with van der Waals surface area (Å²) >= 11 is 6.76. The quantitative estimate of drug-likeness (QED) is 0.699. The van der Waals surface area contributed by atoms with Gasteiger partial charge in [-0.05, 0) is 43.7 Å². The minimum absolute atomic E-state index is 0.0947. The Hall–Kier alpha value is -0.870. The van der Waals surface area contributed by atoms with Gasteiger partial charge in [0.2, 0.25) is 0 Å². The van der Waals surface area contributed by atoms with Gasteiger partial charge in [-0.2, -0.15) is 0 Å². The van der Waals surface area contributed by atoms with Crippen LogP contribution in [0.4, 0.5) is 10.1 Å². The molecule has 19 heavy (non-hydrogen) atoms. The summed E-state index contributed by atoms with van der Waals surface area (Å²) in [7, 11) is 0. The smallest absolute Gasteiger partial charge is 0.129 e. The number of hydrogen-bond donors (Lipinski definition) is 1. The highest BCUT2D eigenvalue weighted by Gasteiger charge is 2.11. The molecule has 0 saturated heterocycles. The molecule has 0 aliphatic rings. The summed E-state index contributed by atoms with van der Waals surface area (Å²) in [6, 6.07) is 11.1. The molecule has 1 nitrogen and oxygen atoms in total. The molecule has 2 rings (SSSR count). The van der Waals surface area contributed by atoms with Crippen LogP contribution in [0.1, 0.15) is 24.1 Å². The van der Waals surface area contributed by atoms with Crippen molar-refractivity contribution < 1.29 is 4.39 Å². The van der Waals surface area contributed by atoms with Crippen molar-refractivity contribution >= 4 is 37.5 Å². The van der Waals surface area contributed by atoms with Gasteiger partial charge in [-0.3, -0.25) is 0 Å². The molecule has 0 bridgehead atoms. The van der Waals surface area contributed by atoms with E-state index in [-0.39, 0.29) is 11.9 Å². The average Bonchev–Trinajstić information content (AvgIpc) is 2.33. The van der Waals surface area contributed by atoms with Crippen molar-refractivity contribution in [2.45, 2.75) is 19.9 Å². The Morgan fingerprint density at radius 2 is 1.84 bits per heavy atom. The molecular weight excluding hydrogens is 373 g/mol. The van der Waals surface area contributed by atoms with Gasteiger partial charge in [0.25, 0.3) is 0 Å². The molecule has 0 aromatic heterocycles. The van der Waals surface area contributed by atoms with Crippen LogP contribution in [0.5, 0.6) is 0 Å². The number of anilines is 1. The zero-order valence-corrected chi connectivity index (χ0v) is 13.8. The van der Waals surface area contributed by atoms with Crippen molar-refractivity contribution in [3.63, 3.8) is 0 Å². The van der Waals surface area contributed by atoms with Crippen molar-refractivity contribution in [2.24, 2.45) is 0 Å². The molecule has 2 aromatic carbocycles. The van der Waals surface area contributed by atoms with E-state index in [1.165, 1.54) is 11.6 Å². The van der Waals surface area contributed by atoms with Crippen LogP contribution in [0, 0.1) is 12.7 Å². The van der Waals surface area contributed by atoms with Gasteiger partial charge in [0.15, 0.2) is 0 Å². The van der Waals surface area contributed by atoms with Gasteiger partial charge >= 0.3 is 0 Å². The summed E-state index contributed by atoms with van der Waals surface area (Å²) in [5, 5.41) is 3.30. The number of hydrogen-bond acceptors (Lipinski definition) is 1. The van der Waals surface area contributed by atoms with Crippen LogP contribution in [-0.4, -0.2) is 0 Å². The summed E-state index contributed by atoms with van der Waals surface area (Å²) in [4.78, 5) is 0. The molecule has 0 aliphatic heterocycles. The van der Waals surface area contributed by atoms with E-state index in [1.54, 1.807) is 6.07 Å². The second-order valence-corrected chi connectivity index (χ2v) is 6.27. The van der Waals surface area contributed by atoms with Gasteiger partial charge in [0, 0.05) is 20.2 Å². The first-order chi connectivity index (χ1) is 8.97. The largest absolute Gasteiger partial charge is 0.378 e. The normalized spacial score (nSPS) is 12.3. The van der Waals surface area contributed by atoms with Crippen LogP contribution in [0.2, 0.25) is 0 Å². The SMILES string of the molecule is Cc1ccc(NC(C)c2ccc(Br)cc2F)cc1Br. The van der Waals surface area contributed by atoms with Crippen LogP contribution < -0.4 is 5.32 Å². The monoisotopic (exact) mass is 385 g/mol. The van der Waals surface area contributed by atoms with E-state index in [4.69, 9.17) is 0 Å². The Kier molecular flexibility index (Phi) is 4.63. The summed E-state index contributed by atoms with van der Waals surface area (Å²) in [6.45, 7) is 3.98. The van der Waals surface area contributed by atoms with Crippen molar-refractivity contribution in [1.82, 2.24) is 0 Å². The third-order valence-electron chi connectivity index (χ3n) is 2.98. The lowest BCUT2D eigenvalue weighted by Crippen LogP contribution is -2.08. The van der Waals surface area contributed by atoms with Gasteiger partial charge in [-0.25, -0.2) is 4.39 Å². The highest BCUT2D eigenvalue weighted by atomic mass is 79.9. The zero-order chi connectivity index (χ0) is 14.0. The standard InChI is InChI=1S/C15H14Br2FN/c1-9-3-5-12(8-14(9)17)19-10(2)13-6-4-11(16)7-15(13)18/h3-8,10,19H,1-2H3. The number of halogens is 3. The van der Waals surface area contributed by atoms with Gasteiger partial charge in [0.1, 0.15) is 5.82 Å². The maximum atomic E-state index is 13.9. The summed E-state index contributed by atoms with van der Waals surface area (Å²) in [6.07, 6.45) is 0. The summed E-state index contributed by atoms with van der Waals surface area (Å²) < 4.78 is 15.7. The number of benzene rings is 2. The van der Waals surface area contributed by atoms with Crippen molar-refractivity contribution in [2.75, 3.05) is 5.32 Å². The Bertz CT molecular complexity index is 599. The average molecular weight is 387 g/mol. The Balaban J connectivity index is 2.20. The van der Waals surface area contributed by atoms with Crippen LogP contribution in [0.15, 0.2) is 45.3 Å². The maximum absolute atomic E-state index is 13.9. The predicted octanol–water partition coefficient (Wildman–Crippen LogP) is 5.83. The Labute approximate surface area is 129 Å². The molecular formula is C15H14Br2FN. The van der Waals surface area contributed by atoms with Crippen LogP contribution in [0.25, 0.3) is 0 Å².